The van der Waals surface area contributed by atoms with Crippen molar-refractivity contribution in [2.75, 3.05) is 13.1 Å². The number of hydrogen-bond donors (Lipinski definition) is 2. The number of hydrogen-bond acceptors (Lipinski definition) is 4. The van der Waals surface area contributed by atoms with Gasteiger partial charge in [0.25, 0.3) is 11.5 Å². The molecule has 0 spiro atoms. The summed E-state index contributed by atoms with van der Waals surface area (Å²) in [5.41, 5.74) is 0.133. The fraction of sp³-hybridized carbons (Fsp3) is 0.706. The Morgan fingerprint density at radius 2 is 1.91 bits per heavy atom. The van der Waals surface area contributed by atoms with Gasteiger partial charge in [-0.05, 0) is 26.2 Å². The Morgan fingerprint density at radius 3 is 2.57 bits per heavy atom. The number of aryl methyl sites for hydroxylation is 1. The van der Waals surface area contributed by atoms with E-state index in [2.05, 4.69) is 15.3 Å². The lowest BCUT2D eigenvalue weighted by Gasteiger charge is -2.25. The first-order chi connectivity index (χ1) is 10.8. The summed E-state index contributed by atoms with van der Waals surface area (Å²) in [5, 5.41) is 3.55. The Labute approximate surface area is 136 Å². The number of fused-ring (bicyclic) bond motifs is 2. The van der Waals surface area contributed by atoms with Crippen LogP contribution in [0, 0.1) is 6.92 Å². The smallest absolute Gasteiger partial charge is 0.264 e. The first kappa shape index (κ1) is 16.2. The number of nitrogens with zero attached hydrogens (tertiary/aromatic N) is 2. The van der Waals surface area contributed by atoms with Crippen molar-refractivity contribution in [2.45, 2.75) is 64.5 Å². The molecular formula is C17H26N4O2. The van der Waals surface area contributed by atoms with Crippen LogP contribution >= 0.6 is 0 Å². The van der Waals surface area contributed by atoms with E-state index in [1.165, 1.54) is 6.42 Å². The molecule has 3 rings (SSSR count). The Bertz CT molecular complexity index is 674. The van der Waals surface area contributed by atoms with Crippen molar-refractivity contribution in [1.82, 2.24) is 20.2 Å². The molecule has 1 amide bonds. The van der Waals surface area contributed by atoms with Gasteiger partial charge in [0, 0.05) is 30.6 Å². The van der Waals surface area contributed by atoms with Crippen LogP contribution in [-0.4, -0.2) is 45.9 Å². The molecular weight excluding hydrogens is 292 g/mol. The van der Waals surface area contributed by atoms with E-state index in [1.54, 1.807) is 6.92 Å². The number of carbonyl (C=O) groups is 1. The topological polar surface area (TPSA) is 78.1 Å². The van der Waals surface area contributed by atoms with Crippen molar-refractivity contribution < 1.29 is 4.79 Å². The number of carbonyl (C=O) groups excluding carboxylic acids is 1. The van der Waals surface area contributed by atoms with Crippen LogP contribution in [0.2, 0.25) is 0 Å². The minimum absolute atomic E-state index is 0.189. The Balaban J connectivity index is 1.89. The normalized spacial score (nSPS) is 24.6. The lowest BCUT2D eigenvalue weighted by atomic mass is 9.95. The standard InChI is InChI=1S/C17H26N4O2/c1-10-13(14(22)20-16(18-10)17(2,3)4)15(23)21-8-7-11-5-6-12(9-21)19-11/h11-12,19H,5-9H2,1-4H3,(H,18,20,22). The second-order valence-corrected chi connectivity index (χ2v) is 7.80. The largest absolute Gasteiger partial charge is 0.337 e. The first-order valence-corrected chi connectivity index (χ1v) is 8.42. The highest BCUT2D eigenvalue weighted by molar-refractivity contribution is 5.94. The zero-order valence-corrected chi connectivity index (χ0v) is 14.4. The number of amides is 1. The lowest BCUT2D eigenvalue weighted by Crippen LogP contribution is -2.42. The van der Waals surface area contributed by atoms with Gasteiger partial charge in [-0.3, -0.25) is 9.59 Å². The highest BCUT2D eigenvalue weighted by atomic mass is 16.2. The third-order valence-electron chi connectivity index (χ3n) is 4.84. The monoisotopic (exact) mass is 318 g/mol. The molecule has 2 saturated heterocycles. The van der Waals surface area contributed by atoms with Gasteiger partial charge in [0.1, 0.15) is 11.4 Å². The van der Waals surface area contributed by atoms with E-state index >= 15 is 0 Å². The van der Waals surface area contributed by atoms with Crippen LogP contribution in [0.5, 0.6) is 0 Å². The third-order valence-corrected chi connectivity index (χ3v) is 4.84. The maximum Gasteiger partial charge on any atom is 0.264 e. The van der Waals surface area contributed by atoms with Crippen molar-refractivity contribution in [2.24, 2.45) is 0 Å². The number of nitrogens with one attached hydrogen (secondary N) is 2. The van der Waals surface area contributed by atoms with Crippen molar-refractivity contribution in [3.8, 4) is 0 Å². The van der Waals surface area contributed by atoms with Gasteiger partial charge in [0.2, 0.25) is 0 Å². The maximum atomic E-state index is 12.9. The highest BCUT2D eigenvalue weighted by Gasteiger charge is 2.33. The van der Waals surface area contributed by atoms with E-state index in [0.29, 0.717) is 36.7 Å². The minimum Gasteiger partial charge on any atom is -0.337 e. The highest BCUT2D eigenvalue weighted by Crippen LogP contribution is 2.22. The van der Waals surface area contributed by atoms with Crippen molar-refractivity contribution in [1.29, 1.82) is 0 Å². The van der Waals surface area contributed by atoms with Gasteiger partial charge >= 0.3 is 0 Å². The van der Waals surface area contributed by atoms with Gasteiger partial charge in [0.05, 0.1) is 5.69 Å². The molecule has 6 heteroatoms. The van der Waals surface area contributed by atoms with E-state index in [0.717, 1.165) is 12.8 Å². The zero-order valence-electron chi connectivity index (χ0n) is 14.4. The summed E-state index contributed by atoms with van der Waals surface area (Å²) in [5.74, 6) is 0.430. The molecule has 2 bridgehead atoms. The molecule has 126 valence electrons. The second kappa shape index (κ2) is 5.74. The molecule has 2 fully saturated rings. The summed E-state index contributed by atoms with van der Waals surface area (Å²) < 4.78 is 0. The van der Waals surface area contributed by atoms with Gasteiger partial charge in [0.15, 0.2) is 0 Å². The zero-order chi connectivity index (χ0) is 16.8. The summed E-state index contributed by atoms with van der Waals surface area (Å²) in [7, 11) is 0. The molecule has 1 aromatic rings. The Morgan fingerprint density at radius 1 is 1.22 bits per heavy atom. The summed E-state index contributed by atoms with van der Waals surface area (Å²) >= 11 is 0. The van der Waals surface area contributed by atoms with Crippen molar-refractivity contribution in [3.63, 3.8) is 0 Å². The molecule has 0 aliphatic carbocycles. The van der Waals surface area contributed by atoms with Crippen LogP contribution in [0.4, 0.5) is 0 Å². The van der Waals surface area contributed by atoms with Crippen LogP contribution in [0.3, 0.4) is 0 Å². The summed E-state index contributed by atoms with van der Waals surface area (Å²) in [6.45, 7) is 9.10. The molecule has 2 aliphatic heterocycles. The SMILES string of the molecule is Cc1nc(C(C)(C)C)[nH]c(=O)c1C(=O)N1CCC2CCC(C1)N2. The van der Waals surface area contributed by atoms with Crippen molar-refractivity contribution in [3.05, 3.63) is 27.4 Å². The second-order valence-electron chi connectivity index (χ2n) is 7.80. The molecule has 3 heterocycles. The number of H-pyrrole nitrogens is 1. The van der Waals surface area contributed by atoms with Crippen LogP contribution in [0.15, 0.2) is 4.79 Å². The molecule has 23 heavy (non-hydrogen) atoms. The molecule has 0 aromatic carbocycles. The quantitative estimate of drug-likeness (QED) is 0.819. The molecule has 2 aliphatic rings. The van der Waals surface area contributed by atoms with Crippen molar-refractivity contribution >= 4 is 5.91 Å². The number of likely N-dealkylation sites (tertiary alicyclic amines) is 1. The number of aromatic amines is 1. The Kier molecular flexibility index (Phi) is 4.04. The van der Waals surface area contributed by atoms with Crippen LogP contribution in [-0.2, 0) is 5.41 Å². The van der Waals surface area contributed by atoms with Gasteiger partial charge in [-0.1, -0.05) is 20.8 Å². The van der Waals surface area contributed by atoms with E-state index in [1.807, 2.05) is 25.7 Å². The van der Waals surface area contributed by atoms with E-state index in [-0.39, 0.29) is 22.4 Å². The molecule has 2 unspecified atom stereocenters. The number of rotatable bonds is 1. The number of aromatic nitrogens is 2. The fourth-order valence-electron chi connectivity index (χ4n) is 3.48. The molecule has 1 aromatic heterocycles. The molecule has 6 nitrogen and oxygen atoms in total. The van der Waals surface area contributed by atoms with Gasteiger partial charge < -0.3 is 15.2 Å². The average molecular weight is 318 g/mol. The van der Waals surface area contributed by atoms with E-state index < -0.39 is 0 Å². The molecule has 0 radical (unpaired) electrons. The van der Waals surface area contributed by atoms with Gasteiger partial charge in [-0.25, -0.2) is 4.98 Å². The summed E-state index contributed by atoms with van der Waals surface area (Å²) in [6, 6.07) is 0.867. The minimum atomic E-state index is -0.324. The van der Waals surface area contributed by atoms with Gasteiger partial charge in [-0.2, -0.15) is 0 Å². The predicted molar refractivity (Wildman–Crippen MR) is 88.8 cm³/mol. The molecule has 2 atom stereocenters. The third kappa shape index (κ3) is 3.17. The molecule has 0 saturated carbocycles. The predicted octanol–water partition coefficient (Wildman–Crippen LogP) is 1.34. The maximum absolute atomic E-state index is 12.9. The Hall–Kier alpha value is -1.69. The summed E-state index contributed by atoms with van der Waals surface area (Å²) in [6.07, 6.45) is 3.24. The van der Waals surface area contributed by atoms with Crippen LogP contribution < -0.4 is 10.9 Å². The average Bonchev–Trinajstić information content (AvgIpc) is 2.76. The first-order valence-electron chi connectivity index (χ1n) is 8.42. The van der Waals surface area contributed by atoms with Crippen LogP contribution in [0.1, 0.15) is 61.9 Å². The molecule has 2 N–H and O–H groups in total. The van der Waals surface area contributed by atoms with E-state index in [9.17, 15) is 9.59 Å². The lowest BCUT2D eigenvalue weighted by molar-refractivity contribution is 0.0744. The fourth-order valence-corrected chi connectivity index (χ4v) is 3.48. The van der Waals surface area contributed by atoms with E-state index in [4.69, 9.17) is 0 Å². The van der Waals surface area contributed by atoms with Crippen LogP contribution in [0.25, 0.3) is 0 Å². The summed E-state index contributed by atoms with van der Waals surface area (Å²) in [4.78, 5) is 34.4. The van der Waals surface area contributed by atoms with Gasteiger partial charge in [-0.15, -0.1) is 0 Å².